The van der Waals surface area contributed by atoms with Gasteiger partial charge in [0.25, 0.3) is 5.91 Å². The highest BCUT2D eigenvalue weighted by atomic mass is 16.5. The normalized spacial score (nSPS) is 15.2. The molecule has 2 heterocycles. The monoisotopic (exact) mass is 419 g/mol. The molecule has 4 N–H and O–H groups in total. The van der Waals surface area contributed by atoms with Gasteiger partial charge in [0.2, 0.25) is 5.95 Å². The number of aliphatic hydroxyl groups is 1. The quantitative estimate of drug-likeness (QED) is 0.563. The number of amides is 1. The van der Waals surface area contributed by atoms with Crippen molar-refractivity contribution in [2.45, 2.75) is 18.9 Å². The number of nitrogens with two attached hydrogens (primary N) is 1. The van der Waals surface area contributed by atoms with Gasteiger partial charge in [-0.3, -0.25) is 9.59 Å². The average Bonchev–Trinajstić information content (AvgIpc) is 2.76. The molecule has 1 aromatic heterocycles. The van der Waals surface area contributed by atoms with Crippen LogP contribution in [0.5, 0.6) is 11.5 Å². The number of hydrogen-bond acceptors (Lipinski definition) is 9. The number of fused-ring (bicyclic) bond motifs is 1. The molecule has 1 amide bonds. The second kappa shape index (κ2) is 8.99. The summed E-state index contributed by atoms with van der Waals surface area (Å²) in [5.74, 6) is 0.282. The molecule has 1 atom stereocenters. The summed E-state index contributed by atoms with van der Waals surface area (Å²) in [5, 5.41) is 19.3. The molecule has 1 unspecified atom stereocenters. The van der Waals surface area contributed by atoms with E-state index in [1.165, 1.54) is 19.1 Å². The van der Waals surface area contributed by atoms with Gasteiger partial charge in [0.15, 0.2) is 11.5 Å². The van der Waals surface area contributed by atoms with Gasteiger partial charge in [0.05, 0.1) is 19.7 Å². The molecule has 1 aliphatic rings. The van der Waals surface area contributed by atoms with E-state index in [1.54, 1.807) is 12.1 Å². The van der Waals surface area contributed by atoms with Gasteiger partial charge in [0.1, 0.15) is 11.9 Å². The van der Waals surface area contributed by atoms with E-state index >= 15 is 0 Å². The highest BCUT2D eigenvalue weighted by molar-refractivity contribution is 5.91. The third-order valence-corrected chi connectivity index (χ3v) is 5.01. The van der Waals surface area contributed by atoms with Crippen molar-refractivity contribution in [3.8, 4) is 11.5 Å². The average molecular weight is 419 g/mol. The first-order chi connectivity index (χ1) is 14.3. The van der Waals surface area contributed by atoms with Gasteiger partial charge >= 0.3 is 5.97 Å². The van der Waals surface area contributed by atoms with Gasteiger partial charge in [-0.25, -0.2) is 4.98 Å². The second-order valence-electron chi connectivity index (χ2n) is 6.89. The molecular weight excluding hydrogens is 394 g/mol. The number of methoxy groups -OCH3 is 2. The number of carboxylic acid groups (broad SMARTS) is 1. The molecule has 30 heavy (non-hydrogen) atoms. The van der Waals surface area contributed by atoms with Crippen LogP contribution >= 0.6 is 0 Å². The van der Waals surface area contributed by atoms with Gasteiger partial charge in [0, 0.05) is 44.1 Å². The van der Waals surface area contributed by atoms with Crippen molar-refractivity contribution in [3.63, 3.8) is 0 Å². The predicted octanol–water partition coefficient (Wildman–Crippen LogP) is 0.104. The number of rotatable bonds is 7. The maximum Gasteiger partial charge on any atom is 0.303 e. The minimum atomic E-state index is -1.32. The molecule has 1 aromatic carbocycles. The lowest BCUT2D eigenvalue weighted by Gasteiger charge is -2.35. The molecule has 1 saturated heterocycles. The van der Waals surface area contributed by atoms with E-state index in [0.717, 1.165) is 0 Å². The maximum atomic E-state index is 12.3. The number of hydrogen-bond donors (Lipinski definition) is 3. The molecule has 11 nitrogen and oxygen atoms in total. The van der Waals surface area contributed by atoms with Crippen LogP contribution in [0.2, 0.25) is 0 Å². The summed E-state index contributed by atoms with van der Waals surface area (Å²) in [6.45, 7) is 1.62. The summed E-state index contributed by atoms with van der Waals surface area (Å²) in [4.78, 5) is 35.3. The Labute approximate surface area is 173 Å². The van der Waals surface area contributed by atoms with Crippen LogP contribution in [0.25, 0.3) is 10.9 Å². The van der Waals surface area contributed by atoms with Crippen molar-refractivity contribution in [1.29, 1.82) is 0 Å². The Kier molecular flexibility index (Phi) is 6.40. The number of nitrogens with zero attached hydrogens (tertiary/aromatic N) is 4. The number of piperazine rings is 1. The number of ether oxygens (including phenoxy) is 2. The zero-order valence-electron chi connectivity index (χ0n) is 16.9. The van der Waals surface area contributed by atoms with E-state index in [0.29, 0.717) is 60.3 Å². The molecule has 162 valence electrons. The second-order valence-corrected chi connectivity index (χ2v) is 6.89. The van der Waals surface area contributed by atoms with Crippen LogP contribution in [0.1, 0.15) is 12.8 Å². The molecule has 3 rings (SSSR count). The maximum absolute atomic E-state index is 12.3. The number of nitrogen functional groups attached to an aromatic ring is 1. The van der Waals surface area contributed by atoms with E-state index in [-0.39, 0.29) is 12.8 Å². The van der Waals surface area contributed by atoms with Gasteiger partial charge in [-0.05, 0) is 12.5 Å². The molecule has 11 heteroatoms. The predicted molar refractivity (Wildman–Crippen MR) is 109 cm³/mol. The SMILES string of the molecule is COc1cc2nc(N3CCN(C(=O)C(O)CCC(=O)O)CC3)nc(N)c2cc1OC. The van der Waals surface area contributed by atoms with E-state index in [4.69, 9.17) is 20.3 Å². The Morgan fingerprint density at radius 3 is 2.37 bits per heavy atom. The van der Waals surface area contributed by atoms with Crippen molar-refractivity contribution in [2.24, 2.45) is 0 Å². The first-order valence-electron chi connectivity index (χ1n) is 9.47. The first kappa shape index (κ1) is 21.4. The Morgan fingerprint density at radius 1 is 1.13 bits per heavy atom. The summed E-state index contributed by atoms with van der Waals surface area (Å²) >= 11 is 0. The van der Waals surface area contributed by atoms with E-state index < -0.39 is 18.0 Å². The number of carbonyl (C=O) groups excluding carboxylic acids is 1. The summed E-state index contributed by atoms with van der Waals surface area (Å²) in [7, 11) is 3.07. The Hall–Kier alpha value is -3.34. The third kappa shape index (κ3) is 4.46. The van der Waals surface area contributed by atoms with Crippen LogP contribution in [0.15, 0.2) is 12.1 Å². The molecule has 2 aromatic rings. The van der Waals surface area contributed by atoms with Crippen molar-refractivity contribution >= 4 is 34.5 Å². The summed E-state index contributed by atoms with van der Waals surface area (Å²) in [6.07, 6.45) is -1.68. The van der Waals surface area contributed by atoms with Crippen LogP contribution < -0.4 is 20.1 Å². The van der Waals surface area contributed by atoms with Crippen molar-refractivity contribution in [2.75, 3.05) is 51.0 Å². The van der Waals surface area contributed by atoms with Crippen LogP contribution in [-0.4, -0.2) is 83.5 Å². The lowest BCUT2D eigenvalue weighted by atomic mass is 10.1. The zero-order valence-corrected chi connectivity index (χ0v) is 16.9. The highest BCUT2D eigenvalue weighted by Crippen LogP contribution is 2.34. The molecule has 0 saturated carbocycles. The molecule has 1 aliphatic heterocycles. The van der Waals surface area contributed by atoms with E-state index in [2.05, 4.69) is 9.97 Å². The number of carboxylic acids is 1. The van der Waals surface area contributed by atoms with Crippen molar-refractivity contribution < 1.29 is 29.3 Å². The number of aromatic nitrogens is 2. The Morgan fingerprint density at radius 2 is 1.77 bits per heavy atom. The standard InChI is InChI=1S/C19H25N5O6/c1-29-14-9-11-12(10-15(14)30-2)21-19(22-17(11)20)24-7-5-23(6-8-24)18(28)13(25)3-4-16(26)27/h9-10,13,25H,3-8H2,1-2H3,(H,26,27)(H2,20,21,22). The number of carbonyl (C=O) groups is 2. The number of aliphatic hydroxyl groups excluding tert-OH is 1. The van der Waals surface area contributed by atoms with Crippen LogP contribution in [-0.2, 0) is 9.59 Å². The van der Waals surface area contributed by atoms with Crippen LogP contribution in [0, 0.1) is 0 Å². The topological polar surface area (TPSA) is 151 Å². The van der Waals surface area contributed by atoms with Gasteiger partial charge in [-0.2, -0.15) is 4.98 Å². The van der Waals surface area contributed by atoms with Gasteiger partial charge in [-0.15, -0.1) is 0 Å². The third-order valence-electron chi connectivity index (χ3n) is 5.01. The van der Waals surface area contributed by atoms with E-state index in [9.17, 15) is 14.7 Å². The smallest absolute Gasteiger partial charge is 0.303 e. The lowest BCUT2D eigenvalue weighted by Crippen LogP contribution is -2.52. The molecule has 0 radical (unpaired) electrons. The Balaban J connectivity index is 1.72. The number of aliphatic carboxylic acids is 1. The summed E-state index contributed by atoms with van der Waals surface area (Å²) < 4.78 is 10.6. The highest BCUT2D eigenvalue weighted by Gasteiger charge is 2.27. The molecule has 0 aliphatic carbocycles. The minimum Gasteiger partial charge on any atom is -0.493 e. The van der Waals surface area contributed by atoms with Crippen LogP contribution in [0.4, 0.5) is 11.8 Å². The molecule has 0 spiro atoms. The van der Waals surface area contributed by atoms with Crippen molar-refractivity contribution in [3.05, 3.63) is 12.1 Å². The molecule has 1 fully saturated rings. The summed E-state index contributed by atoms with van der Waals surface area (Å²) in [5.41, 5.74) is 6.74. The fraction of sp³-hybridized carbons (Fsp3) is 0.474. The Bertz CT molecular complexity index is 945. The minimum absolute atomic E-state index is 0.107. The molecule has 0 bridgehead atoms. The lowest BCUT2D eigenvalue weighted by molar-refractivity contribution is -0.142. The first-order valence-corrected chi connectivity index (χ1v) is 9.47. The van der Waals surface area contributed by atoms with Crippen LogP contribution in [0.3, 0.4) is 0 Å². The number of benzene rings is 1. The van der Waals surface area contributed by atoms with Gasteiger partial charge < -0.3 is 35.2 Å². The van der Waals surface area contributed by atoms with Crippen molar-refractivity contribution in [1.82, 2.24) is 14.9 Å². The van der Waals surface area contributed by atoms with E-state index in [1.807, 2.05) is 4.90 Å². The largest absolute Gasteiger partial charge is 0.493 e. The molecular formula is C19H25N5O6. The number of anilines is 2. The fourth-order valence-electron chi connectivity index (χ4n) is 3.33. The fourth-order valence-corrected chi connectivity index (χ4v) is 3.33. The van der Waals surface area contributed by atoms with Gasteiger partial charge in [-0.1, -0.05) is 0 Å². The summed E-state index contributed by atoms with van der Waals surface area (Å²) in [6, 6.07) is 3.46. The zero-order chi connectivity index (χ0) is 21.8.